The molecule has 2 rings (SSSR count). The summed E-state index contributed by atoms with van der Waals surface area (Å²) >= 11 is 0. The highest BCUT2D eigenvalue weighted by atomic mass is 16.5. The van der Waals surface area contributed by atoms with E-state index >= 15 is 0 Å². The van der Waals surface area contributed by atoms with Crippen molar-refractivity contribution >= 4 is 0 Å². The molecule has 0 bridgehead atoms. The first-order valence-electron chi connectivity index (χ1n) is 6.93. The Hall–Kier alpha value is -1.44. The molecule has 2 nitrogen and oxygen atoms in total. The molecule has 0 amide bonds. The summed E-state index contributed by atoms with van der Waals surface area (Å²) in [6, 6.07) is 0. The van der Waals surface area contributed by atoms with Crippen molar-refractivity contribution in [3.05, 3.63) is 49.0 Å². The van der Waals surface area contributed by atoms with Crippen LogP contribution < -0.4 is 0 Å². The van der Waals surface area contributed by atoms with Crippen molar-refractivity contribution < 1.29 is 9.47 Å². The van der Waals surface area contributed by atoms with Crippen LogP contribution in [0.1, 0.15) is 38.5 Å². The summed E-state index contributed by atoms with van der Waals surface area (Å²) in [4.78, 5) is 0. The molecule has 2 unspecified atom stereocenters. The first-order chi connectivity index (χ1) is 8.95. The van der Waals surface area contributed by atoms with Crippen LogP contribution in [0.3, 0.4) is 0 Å². The van der Waals surface area contributed by atoms with Gasteiger partial charge in [-0.2, -0.15) is 0 Å². The lowest BCUT2D eigenvalue weighted by Crippen LogP contribution is -2.08. The quantitative estimate of drug-likeness (QED) is 0.625. The van der Waals surface area contributed by atoms with Crippen LogP contribution in [0.5, 0.6) is 0 Å². The van der Waals surface area contributed by atoms with Gasteiger partial charge in [-0.1, -0.05) is 25.0 Å². The van der Waals surface area contributed by atoms with Crippen molar-refractivity contribution in [3.63, 3.8) is 0 Å². The molecule has 98 valence electrons. The molecule has 0 N–H and O–H groups in total. The van der Waals surface area contributed by atoms with Crippen molar-refractivity contribution in [2.75, 3.05) is 0 Å². The Morgan fingerprint density at radius 1 is 0.611 bits per heavy atom. The smallest absolute Gasteiger partial charge is 0.116 e. The lowest BCUT2D eigenvalue weighted by molar-refractivity contribution is 0.166. The van der Waals surface area contributed by atoms with E-state index in [2.05, 4.69) is 24.3 Å². The number of allylic oxidation sites excluding steroid dienone is 4. The zero-order valence-corrected chi connectivity index (χ0v) is 10.8. The summed E-state index contributed by atoms with van der Waals surface area (Å²) < 4.78 is 11.0. The maximum absolute atomic E-state index is 5.48. The fourth-order valence-electron chi connectivity index (χ4n) is 2.22. The zero-order valence-electron chi connectivity index (χ0n) is 10.8. The van der Waals surface area contributed by atoms with Gasteiger partial charge in [-0.3, -0.25) is 0 Å². The predicted octanol–water partition coefficient (Wildman–Crippen LogP) is 4.26. The van der Waals surface area contributed by atoms with E-state index in [1.54, 1.807) is 12.5 Å². The molecular formula is C16H22O2. The van der Waals surface area contributed by atoms with Crippen LogP contribution in [0.25, 0.3) is 0 Å². The van der Waals surface area contributed by atoms with Crippen molar-refractivity contribution in [2.45, 2.75) is 50.7 Å². The van der Waals surface area contributed by atoms with Gasteiger partial charge in [0, 0.05) is 0 Å². The van der Waals surface area contributed by atoms with Gasteiger partial charge in [0.25, 0.3) is 0 Å². The summed E-state index contributed by atoms with van der Waals surface area (Å²) in [6.45, 7) is 0. The monoisotopic (exact) mass is 246 g/mol. The molecular weight excluding hydrogens is 224 g/mol. The molecule has 0 saturated carbocycles. The molecule has 0 spiro atoms. The zero-order chi connectivity index (χ0) is 12.5. The molecule has 0 saturated heterocycles. The topological polar surface area (TPSA) is 18.5 Å². The largest absolute Gasteiger partial charge is 0.494 e. The van der Waals surface area contributed by atoms with Gasteiger partial charge in [0.2, 0.25) is 0 Å². The number of unbranched alkanes of at least 4 members (excludes halogenated alkanes) is 3. The van der Waals surface area contributed by atoms with Crippen LogP contribution >= 0.6 is 0 Å². The van der Waals surface area contributed by atoms with Gasteiger partial charge >= 0.3 is 0 Å². The van der Waals surface area contributed by atoms with Crippen LogP contribution in [-0.4, -0.2) is 12.2 Å². The predicted molar refractivity (Wildman–Crippen MR) is 74.0 cm³/mol. The minimum Gasteiger partial charge on any atom is -0.494 e. The van der Waals surface area contributed by atoms with Gasteiger partial charge in [-0.05, 0) is 50.0 Å². The first kappa shape index (κ1) is 13.0. The molecule has 0 aromatic heterocycles. The molecule has 2 heterocycles. The second-order valence-corrected chi connectivity index (χ2v) is 4.77. The van der Waals surface area contributed by atoms with Crippen LogP contribution in [-0.2, 0) is 9.47 Å². The van der Waals surface area contributed by atoms with E-state index in [0.717, 1.165) is 12.8 Å². The maximum atomic E-state index is 5.48. The lowest BCUT2D eigenvalue weighted by atomic mass is 10.0. The van der Waals surface area contributed by atoms with E-state index in [1.807, 2.05) is 12.2 Å². The number of ether oxygens (including phenoxy) is 2. The Balaban J connectivity index is 1.44. The minimum atomic E-state index is 0.296. The van der Waals surface area contributed by atoms with Crippen LogP contribution in [0.2, 0.25) is 0 Å². The van der Waals surface area contributed by atoms with Crippen LogP contribution in [0.4, 0.5) is 0 Å². The molecule has 2 atom stereocenters. The standard InChI is InChI=1S/C16H22O2/c1(3-9-15-11-5-7-13-17-15)2-4-10-16-12-6-8-14-18-16/h5-8,11-16H,1-4,9-10H2. The molecule has 18 heavy (non-hydrogen) atoms. The van der Waals surface area contributed by atoms with E-state index in [-0.39, 0.29) is 0 Å². The van der Waals surface area contributed by atoms with E-state index in [9.17, 15) is 0 Å². The normalized spacial score (nSPS) is 24.9. The van der Waals surface area contributed by atoms with E-state index in [4.69, 9.17) is 9.47 Å². The average molecular weight is 246 g/mol. The highest BCUT2D eigenvalue weighted by Crippen LogP contribution is 2.15. The number of hydrogen-bond donors (Lipinski definition) is 0. The van der Waals surface area contributed by atoms with Crippen molar-refractivity contribution in [1.29, 1.82) is 0 Å². The van der Waals surface area contributed by atoms with E-state index in [0.29, 0.717) is 12.2 Å². The van der Waals surface area contributed by atoms with Gasteiger partial charge in [0.15, 0.2) is 0 Å². The molecule has 2 aliphatic rings. The summed E-state index contributed by atoms with van der Waals surface area (Å²) in [5, 5.41) is 0. The summed E-state index contributed by atoms with van der Waals surface area (Å²) in [6.07, 6.45) is 23.7. The fraction of sp³-hybridized carbons (Fsp3) is 0.500. The minimum absolute atomic E-state index is 0.296. The Labute approximate surface area is 110 Å². The SMILES string of the molecule is C1=COC(CCCCCCC2C=CC=CO2)C=C1. The Bertz CT molecular complexity index is 305. The first-order valence-corrected chi connectivity index (χ1v) is 6.93. The summed E-state index contributed by atoms with van der Waals surface area (Å²) in [7, 11) is 0. The fourth-order valence-corrected chi connectivity index (χ4v) is 2.22. The summed E-state index contributed by atoms with van der Waals surface area (Å²) in [5.74, 6) is 0. The van der Waals surface area contributed by atoms with Gasteiger partial charge in [-0.15, -0.1) is 0 Å². The number of rotatable bonds is 7. The highest BCUT2D eigenvalue weighted by molar-refractivity contribution is 5.07. The number of hydrogen-bond acceptors (Lipinski definition) is 2. The van der Waals surface area contributed by atoms with Crippen LogP contribution in [0.15, 0.2) is 49.0 Å². The molecule has 2 aliphatic heterocycles. The Morgan fingerprint density at radius 2 is 1.11 bits per heavy atom. The highest BCUT2D eigenvalue weighted by Gasteiger charge is 2.07. The molecule has 2 heteroatoms. The van der Waals surface area contributed by atoms with Gasteiger partial charge in [0.05, 0.1) is 12.5 Å². The van der Waals surface area contributed by atoms with Crippen LogP contribution in [0, 0.1) is 0 Å². The van der Waals surface area contributed by atoms with Gasteiger partial charge in [0.1, 0.15) is 12.2 Å². The second kappa shape index (κ2) is 7.80. The molecule has 0 fully saturated rings. The van der Waals surface area contributed by atoms with Crippen molar-refractivity contribution in [2.24, 2.45) is 0 Å². The molecule has 0 aromatic rings. The average Bonchev–Trinajstić information content (AvgIpc) is 2.45. The summed E-state index contributed by atoms with van der Waals surface area (Å²) in [5.41, 5.74) is 0. The van der Waals surface area contributed by atoms with Crippen molar-refractivity contribution in [1.82, 2.24) is 0 Å². The van der Waals surface area contributed by atoms with E-state index < -0.39 is 0 Å². The van der Waals surface area contributed by atoms with Gasteiger partial charge < -0.3 is 9.47 Å². The third-order valence-electron chi connectivity index (χ3n) is 3.26. The lowest BCUT2D eigenvalue weighted by Gasteiger charge is -2.15. The van der Waals surface area contributed by atoms with Gasteiger partial charge in [-0.25, -0.2) is 0 Å². The van der Waals surface area contributed by atoms with E-state index in [1.165, 1.54) is 25.7 Å². The molecule has 0 radical (unpaired) electrons. The third-order valence-corrected chi connectivity index (χ3v) is 3.26. The van der Waals surface area contributed by atoms with Crippen molar-refractivity contribution in [3.8, 4) is 0 Å². The second-order valence-electron chi connectivity index (χ2n) is 4.77. The Kier molecular flexibility index (Phi) is 5.64. The Morgan fingerprint density at radius 3 is 1.50 bits per heavy atom. The maximum Gasteiger partial charge on any atom is 0.116 e. The third kappa shape index (κ3) is 4.82. The molecule has 0 aromatic carbocycles. The molecule has 0 aliphatic carbocycles.